The van der Waals surface area contributed by atoms with E-state index in [1.165, 1.54) is 33.4 Å². The molecule has 0 unspecified atom stereocenters. The van der Waals surface area contributed by atoms with Crippen LogP contribution < -0.4 is 9.47 Å². The smallest absolute Gasteiger partial charge is 0.395 e. The maximum atomic E-state index is 12.5. The molecule has 0 radical (unpaired) electrons. The molecule has 0 bridgehead atoms. The lowest BCUT2D eigenvalue weighted by Crippen LogP contribution is -2.13. The molecule has 228 valence electrons. The second-order valence-corrected chi connectivity index (χ2v) is 12.6. The molecule has 0 spiro atoms. The third kappa shape index (κ3) is 8.38. The Bertz CT molecular complexity index is 1430. The van der Waals surface area contributed by atoms with Crippen molar-refractivity contribution in [2.45, 2.75) is 79.1 Å². The summed E-state index contributed by atoms with van der Waals surface area (Å²) in [5, 5.41) is 0. The molecule has 0 amide bonds. The summed E-state index contributed by atoms with van der Waals surface area (Å²) in [4.78, 5) is 12.5. The van der Waals surface area contributed by atoms with Crippen LogP contribution in [0.25, 0.3) is 24.3 Å². The maximum Gasteiger partial charge on any atom is 0.519 e. The predicted octanol–water partition coefficient (Wildman–Crippen LogP) is 12.1. The van der Waals surface area contributed by atoms with Crippen LogP contribution in [0.2, 0.25) is 0 Å². The molecule has 0 saturated carbocycles. The zero-order valence-electron chi connectivity index (χ0n) is 27.4. The van der Waals surface area contributed by atoms with E-state index in [9.17, 15) is 4.79 Å². The average molecular weight is 587 g/mol. The van der Waals surface area contributed by atoms with Crippen LogP contribution in [-0.2, 0) is 0 Å². The molecule has 4 rings (SSSR count). The molecule has 4 aromatic carbocycles. The zero-order valence-corrected chi connectivity index (χ0v) is 27.4. The van der Waals surface area contributed by atoms with Gasteiger partial charge in [-0.1, -0.05) is 140 Å². The van der Waals surface area contributed by atoms with Gasteiger partial charge in [-0.05, 0) is 92.4 Å². The second kappa shape index (κ2) is 14.9. The molecule has 0 N–H and O–H groups in total. The van der Waals surface area contributed by atoms with Crippen molar-refractivity contribution in [3.05, 3.63) is 129 Å². The Morgan fingerprint density at radius 1 is 0.455 bits per heavy atom. The first kappa shape index (κ1) is 32.5. The molecule has 0 aliphatic rings. The fourth-order valence-electron chi connectivity index (χ4n) is 5.47. The van der Waals surface area contributed by atoms with Gasteiger partial charge in [-0.2, -0.15) is 0 Å². The van der Waals surface area contributed by atoms with E-state index in [0.29, 0.717) is 35.2 Å². The molecule has 0 aliphatic heterocycles. The molecule has 3 nitrogen and oxygen atoms in total. The quantitative estimate of drug-likeness (QED) is 0.105. The minimum Gasteiger partial charge on any atom is -0.395 e. The van der Waals surface area contributed by atoms with Crippen molar-refractivity contribution in [2.24, 2.45) is 0 Å². The average Bonchev–Trinajstić information content (AvgIpc) is 2.99. The van der Waals surface area contributed by atoms with Crippen LogP contribution in [0.1, 0.15) is 124 Å². The van der Waals surface area contributed by atoms with Gasteiger partial charge in [-0.3, -0.25) is 0 Å². The van der Waals surface area contributed by atoms with Gasteiger partial charge in [-0.15, -0.1) is 0 Å². The standard InChI is InChI=1S/C41H46O3/c1-27(2)35-11-9-12-36(28(3)4)39(35)25-19-31-15-21-33(22-16-31)43-41(42)44-34-23-17-32(18-24-34)20-26-40-37(29(5)6)13-10-14-38(40)30(7)8/h9-30H,1-8H3/b25-19+,26-20+. The first-order valence-electron chi connectivity index (χ1n) is 15.7. The lowest BCUT2D eigenvalue weighted by atomic mass is 9.88. The van der Waals surface area contributed by atoms with E-state index in [0.717, 1.165) is 11.1 Å². The lowest BCUT2D eigenvalue weighted by molar-refractivity contribution is 0.152. The largest absolute Gasteiger partial charge is 0.519 e. The lowest BCUT2D eigenvalue weighted by Gasteiger charge is -2.17. The summed E-state index contributed by atoms with van der Waals surface area (Å²) in [6.45, 7) is 17.8. The summed E-state index contributed by atoms with van der Waals surface area (Å²) in [7, 11) is 0. The van der Waals surface area contributed by atoms with Crippen LogP contribution in [-0.4, -0.2) is 6.16 Å². The summed E-state index contributed by atoms with van der Waals surface area (Å²) in [5.74, 6) is 2.62. The molecule has 0 saturated heterocycles. The third-order valence-corrected chi connectivity index (χ3v) is 7.88. The summed E-state index contributed by atoms with van der Waals surface area (Å²) in [5.41, 5.74) is 9.99. The summed E-state index contributed by atoms with van der Waals surface area (Å²) in [6, 6.07) is 28.0. The highest BCUT2D eigenvalue weighted by Crippen LogP contribution is 2.31. The minimum atomic E-state index is -0.767. The Morgan fingerprint density at radius 2 is 0.750 bits per heavy atom. The molecule has 3 heteroatoms. The SMILES string of the molecule is CC(C)c1cccc(C(C)C)c1/C=C/c1ccc(OC(=O)Oc2ccc(/C=C/c3c(C(C)C)cccc3C(C)C)cc2)cc1. The van der Waals surface area contributed by atoms with E-state index in [1.807, 2.05) is 24.3 Å². The fraction of sp³-hybridized carbons (Fsp3) is 0.293. The van der Waals surface area contributed by atoms with Gasteiger partial charge in [0, 0.05) is 0 Å². The zero-order chi connectivity index (χ0) is 31.8. The van der Waals surface area contributed by atoms with Crippen LogP contribution in [0, 0.1) is 0 Å². The molecular formula is C41H46O3. The van der Waals surface area contributed by atoms with Gasteiger partial charge in [0.05, 0.1) is 0 Å². The number of rotatable bonds is 10. The Kier molecular flexibility index (Phi) is 11.0. The highest BCUT2D eigenvalue weighted by atomic mass is 16.7. The Morgan fingerprint density at radius 3 is 1.02 bits per heavy atom. The Balaban J connectivity index is 1.39. The summed E-state index contributed by atoms with van der Waals surface area (Å²) < 4.78 is 10.9. The van der Waals surface area contributed by atoms with E-state index in [1.54, 1.807) is 24.3 Å². The Hall–Kier alpha value is -4.37. The summed E-state index contributed by atoms with van der Waals surface area (Å²) in [6.07, 6.45) is 7.84. The molecule has 0 atom stereocenters. The van der Waals surface area contributed by atoms with Crippen LogP contribution in [0.5, 0.6) is 11.5 Å². The number of carbonyl (C=O) groups is 1. The molecule has 44 heavy (non-hydrogen) atoms. The van der Waals surface area contributed by atoms with E-state index >= 15 is 0 Å². The van der Waals surface area contributed by atoms with Gasteiger partial charge < -0.3 is 9.47 Å². The van der Waals surface area contributed by atoms with Crippen LogP contribution >= 0.6 is 0 Å². The molecular weight excluding hydrogens is 540 g/mol. The number of hydrogen-bond acceptors (Lipinski definition) is 3. The first-order valence-corrected chi connectivity index (χ1v) is 15.7. The minimum absolute atomic E-state index is 0.432. The Labute approximate surface area is 264 Å². The van der Waals surface area contributed by atoms with Crippen molar-refractivity contribution < 1.29 is 14.3 Å². The van der Waals surface area contributed by atoms with Crippen molar-refractivity contribution in [1.82, 2.24) is 0 Å². The normalized spacial score (nSPS) is 11.9. The van der Waals surface area contributed by atoms with E-state index < -0.39 is 6.16 Å². The molecule has 0 heterocycles. The molecule has 4 aromatic rings. The van der Waals surface area contributed by atoms with E-state index in [4.69, 9.17) is 9.47 Å². The summed E-state index contributed by atoms with van der Waals surface area (Å²) >= 11 is 0. The van der Waals surface area contributed by atoms with Gasteiger partial charge >= 0.3 is 6.16 Å². The van der Waals surface area contributed by atoms with Gasteiger partial charge in [0.25, 0.3) is 0 Å². The third-order valence-electron chi connectivity index (χ3n) is 7.88. The highest BCUT2D eigenvalue weighted by molar-refractivity contribution is 5.75. The fourth-order valence-corrected chi connectivity index (χ4v) is 5.47. The number of carbonyl (C=O) groups excluding carboxylic acids is 1. The highest BCUT2D eigenvalue weighted by Gasteiger charge is 2.13. The van der Waals surface area contributed by atoms with Crippen LogP contribution in [0.4, 0.5) is 4.79 Å². The van der Waals surface area contributed by atoms with Gasteiger partial charge in [-0.25, -0.2) is 4.79 Å². The van der Waals surface area contributed by atoms with E-state index in [-0.39, 0.29) is 0 Å². The van der Waals surface area contributed by atoms with Crippen molar-refractivity contribution >= 4 is 30.5 Å². The van der Waals surface area contributed by atoms with Gasteiger partial charge in [0.15, 0.2) is 0 Å². The number of ether oxygens (including phenoxy) is 2. The molecule has 0 aliphatic carbocycles. The molecule has 0 fully saturated rings. The van der Waals surface area contributed by atoms with Crippen molar-refractivity contribution in [3.8, 4) is 11.5 Å². The van der Waals surface area contributed by atoms with Crippen molar-refractivity contribution in [3.63, 3.8) is 0 Å². The topological polar surface area (TPSA) is 35.5 Å². The second-order valence-electron chi connectivity index (χ2n) is 12.6. The number of hydrogen-bond donors (Lipinski definition) is 0. The van der Waals surface area contributed by atoms with Crippen LogP contribution in [0.3, 0.4) is 0 Å². The van der Waals surface area contributed by atoms with Gasteiger partial charge in [0.2, 0.25) is 0 Å². The van der Waals surface area contributed by atoms with Crippen molar-refractivity contribution in [2.75, 3.05) is 0 Å². The van der Waals surface area contributed by atoms with Gasteiger partial charge in [0.1, 0.15) is 11.5 Å². The predicted molar refractivity (Wildman–Crippen MR) is 187 cm³/mol. The maximum absolute atomic E-state index is 12.5. The van der Waals surface area contributed by atoms with Crippen molar-refractivity contribution in [1.29, 1.82) is 0 Å². The molecule has 0 aromatic heterocycles. The first-order chi connectivity index (χ1) is 21.0. The monoisotopic (exact) mass is 586 g/mol. The number of benzene rings is 4. The van der Waals surface area contributed by atoms with Crippen LogP contribution in [0.15, 0.2) is 84.9 Å². The van der Waals surface area contributed by atoms with E-state index in [2.05, 4.69) is 116 Å².